The van der Waals surface area contributed by atoms with Crippen LogP contribution >= 0.6 is 11.8 Å². The van der Waals surface area contributed by atoms with Crippen LogP contribution in [0.1, 0.15) is 30.9 Å². The van der Waals surface area contributed by atoms with Crippen LogP contribution in [-0.4, -0.2) is 41.9 Å². The van der Waals surface area contributed by atoms with Crippen LogP contribution in [0.2, 0.25) is 0 Å². The number of thioether (sulfide) groups is 1. The van der Waals surface area contributed by atoms with E-state index in [9.17, 15) is 9.59 Å². The average molecular weight is 321 g/mol. The number of hydrogen-bond donors (Lipinski definition) is 0. The van der Waals surface area contributed by atoms with E-state index in [1.54, 1.807) is 19.1 Å². The SMILES string of the molecule is COc1ccc([C@@H]2CC[C@H]3C(=O)SCCC(=O)N32)cc1OC. The molecule has 1 amide bonds. The van der Waals surface area contributed by atoms with Crippen molar-refractivity contribution in [1.82, 2.24) is 4.90 Å². The molecule has 118 valence electrons. The molecule has 2 fully saturated rings. The van der Waals surface area contributed by atoms with Crippen LogP contribution in [0.4, 0.5) is 0 Å². The van der Waals surface area contributed by atoms with Gasteiger partial charge in [-0.25, -0.2) is 0 Å². The molecule has 3 rings (SSSR count). The molecule has 0 bridgehead atoms. The first kappa shape index (κ1) is 15.2. The molecule has 0 unspecified atom stereocenters. The highest BCUT2D eigenvalue weighted by atomic mass is 32.2. The van der Waals surface area contributed by atoms with E-state index in [0.717, 1.165) is 18.4 Å². The lowest BCUT2D eigenvalue weighted by molar-refractivity contribution is -0.136. The largest absolute Gasteiger partial charge is 0.493 e. The number of ether oxygens (including phenoxy) is 2. The Morgan fingerprint density at radius 3 is 2.55 bits per heavy atom. The van der Waals surface area contributed by atoms with E-state index in [1.165, 1.54) is 11.8 Å². The Kier molecular flexibility index (Phi) is 4.29. The van der Waals surface area contributed by atoms with Crippen LogP contribution in [0.3, 0.4) is 0 Å². The predicted molar refractivity (Wildman–Crippen MR) is 84.2 cm³/mol. The van der Waals surface area contributed by atoms with Crippen LogP contribution in [0, 0.1) is 0 Å². The van der Waals surface area contributed by atoms with Gasteiger partial charge in [-0.15, -0.1) is 0 Å². The third-order valence-corrected chi connectivity index (χ3v) is 5.26. The Morgan fingerprint density at radius 2 is 1.82 bits per heavy atom. The summed E-state index contributed by atoms with van der Waals surface area (Å²) in [4.78, 5) is 26.4. The quantitative estimate of drug-likeness (QED) is 0.855. The van der Waals surface area contributed by atoms with Crippen LogP contribution in [0.25, 0.3) is 0 Å². The monoisotopic (exact) mass is 321 g/mol. The Morgan fingerprint density at radius 1 is 1.09 bits per heavy atom. The lowest BCUT2D eigenvalue weighted by Crippen LogP contribution is -2.39. The maximum absolute atomic E-state index is 12.4. The van der Waals surface area contributed by atoms with Crippen molar-refractivity contribution in [3.8, 4) is 11.5 Å². The fraction of sp³-hybridized carbons (Fsp3) is 0.500. The molecule has 2 aliphatic heterocycles. The minimum atomic E-state index is -0.280. The van der Waals surface area contributed by atoms with E-state index >= 15 is 0 Å². The Bertz CT molecular complexity index is 604. The topological polar surface area (TPSA) is 55.8 Å². The standard InChI is InChI=1S/C16H19NO4S/c1-20-13-6-3-10(9-14(13)21-2)11-4-5-12-16(19)22-8-7-15(18)17(11)12/h3,6,9,11-12H,4-5,7-8H2,1-2H3/t11-,12-/m0/s1. The Hall–Kier alpha value is -1.69. The fourth-order valence-electron chi connectivity index (χ4n) is 3.24. The molecular weight excluding hydrogens is 302 g/mol. The van der Waals surface area contributed by atoms with Crippen molar-refractivity contribution in [3.05, 3.63) is 23.8 Å². The molecule has 0 N–H and O–H groups in total. The molecule has 1 aromatic rings. The molecule has 22 heavy (non-hydrogen) atoms. The van der Waals surface area contributed by atoms with Gasteiger partial charge in [0.2, 0.25) is 11.0 Å². The van der Waals surface area contributed by atoms with Gasteiger partial charge in [-0.3, -0.25) is 9.59 Å². The normalized spacial score (nSPS) is 24.9. The third-order valence-electron chi connectivity index (χ3n) is 4.30. The third kappa shape index (κ3) is 2.56. The number of fused-ring (bicyclic) bond motifs is 1. The molecule has 0 aromatic heterocycles. The highest BCUT2D eigenvalue weighted by Gasteiger charge is 2.43. The lowest BCUT2D eigenvalue weighted by atomic mass is 10.0. The van der Waals surface area contributed by atoms with Gasteiger partial charge >= 0.3 is 0 Å². The molecule has 2 heterocycles. The highest BCUT2D eigenvalue weighted by molar-refractivity contribution is 8.13. The van der Waals surface area contributed by atoms with Crippen LogP contribution in [-0.2, 0) is 9.59 Å². The van der Waals surface area contributed by atoms with Crippen molar-refractivity contribution in [1.29, 1.82) is 0 Å². The van der Waals surface area contributed by atoms with Crippen LogP contribution in [0.15, 0.2) is 18.2 Å². The zero-order valence-electron chi connectivity index (χ0n) is 12.7. The second-order valence-corrected chi connectivity index (χ2v) is 6.54. The smallest absolute Gasteiger partial charge is 0.224 e. The maximum Gasteiger partial charge on any atom is 0.224 e. The summed E-state index contributed by atoms with van der Waals surface area (Å²) in [5.74, 6) is 1.96. The lowest BCUT2D eigenvalue weighted by Gasteiger charge is -2.28. The summed E-state index contributed by atoms with van der Waals surface area (Å²) >= 11 is 1.28. The van der Waals surface area contributed by atoms with Crippen molar-refractivity contribution in [2.24, 2.45) is 0 Å². The van der Waals surface area contributed by atoms with Gasteiger partial charge in [0, 0.05) is 12.2 Å². The number of amides is 1. The Balaban J connectivity index is 1.94. The predicted octanol–water partition coefficient (Wildman–Crippen LogP) is 2.40. The van der Waals surface area contributed by atoms with Crippen molar-refractivity contribution >= 4 is 22.8 Å². The molecule has 6 heteroatoms. The summed E-state index contributed by atoms with van der Waals surface area (Å²) in [7, 11) is 3.19. The maximum atomic E-state index is 12.4. The average Bonchev–Trinajstić information content (AvgIpc) is 2.93. The van der Waals surface area contributed by atoms with Gasteiger partial charge in [-0.05, 0) is 30.5 Å². The number of hydrogen-bond acceptors (Lipinski definition) is 5. The van der Waals surface area contributed by atoms with Crippen molar-refractivity contribution in [2.75, 3.05) is 20.0 Å². The molecule has 0 radical (unpaired) electrons. The first-order valence-electron chi connectivity index (χ1n) is 7.35. The second kappa shape index (κ2) is 6.20. The highest BCUT2D eigenvalue weighted by Crippen LogP contribution is 2.42. The minimum absolute atomic E-state index is 0.0556. The van der Waals surface area contributed by atoms with Gasteiger partial charge in [0.15, 0.2) is 11.5 Å². The van der Waals surface area contributed by atoms with Gasteiger partial charge in [0.1, 0.15) is 6.04 Å². The number of rotatable bonds is 3. The molecule has 2 saturated heterocycles. The summed E-state index contributed by atoms with van der Waals surface area (Å²) in [6.45, 7) is 0. The van der Waals surface area contributed by atoms with E-state index in [1.807, 2.05) is 18.2 Å². The molecule has 0 spiro atoms. The van der Waals surface area contributed by atoms with Gasteiger partial charge in [-0.1, -0.05) is 17.8 Å². The Labute approximate surface area is 134 Å². The summed E-state index contributed by atoms with van der Waals surface area (Å²) < 4.78 is 10.6. The summed E-state index contributed by atoms with van der Waals surface area (Å²) in [5, 5.41) is 0.119. The van der Waals surface area contributed by atoms with E-state index < -0.39 is 0 Å². The summed E-state index contributed by atoms with van der Waals surface area (Å²) in [6.07, 6.45) is 1.96. The second-order valence-electron chi connectivity index (χ2n) is 5.44. The van der Waals surface area contributed by atoms with Gasteiger partial charge in [0.05, 0.1) is 20.3 Å². The van der Waals surface area contributed by atoms with E-state index in [0.29, 0.717) is 23.7 Å². The van der Waals surface area contributed by atoms with Gasteiger partial charge in [-0.2, -0.15) is 0 Å². The molecule has 2 atom stereocenters. The van der Waals surface area contributed by atoms with Crippen LogP contribution < -0.4 is 9.47 Å². The van der Waals surface area contributed by atoms with Gasteiger partial charge < -0.3 is 14.4 Å². The molecule has 2 aliphatic rings. The summed E-state index contributed by atoms with van der Waals surface area (Å²) in [6, 6.07) is 5.37. The minimum Gasteiger partial charge on any atom is -0.493 e. The molecular formula is C16H19NO4S. The molecule has 1 aromatic carbocycles. The van der Waals surface area contributed by atoms with Gasteiger partial charge in [0.25, 0.3) is 0 Å². The fourth-order valence-corrected chi connectivity index (χ4v) is 4.14. The zero-order valence-corrected chi connectivity index (χ0v) is 13.5. The van der Waals surface area contributed by atoms with Crippen LogP contribution in [0.5, 0.6) is 11.5 Å². The zero-order chi connectivity index (χ0) is 15.7. The number of nitrogens with zero attached hydrogens (tertiary/aromatic N) is 1. The number of benzene rings is 1. The first-order valence-corrected chi connectivity index (χ1v) is 8.34. The van der Waals surface area contributed by atoms with Crippen molar-refractivity contribution in [2.45, 2.75) is 31.3 Å². The molecule has 0 aliphatic carbocycles. The number of carbonyl (C=O) groups excluding carboxylic acids is 2. The number of methoxy groups -OCH3 is 2. The van der Waals surface area contributed by atoms with Crippen molar-refractivity contribution in [3.63, 3.8) is 0 Å². The summed E-state index contributed by atoms with van der Waals surface area (Å²) in [5.41, 5.74) is 0.994. The van der Waals surface area contributed by atoms with Crippen molar-refractivity contribution < 1.29 is 19.1 Å². The molecule has 5 nitrogen and oxygen atoms in total. The number of carbonyl (C=O) groups is 2. The molecule has 0 saturated carbocycles. The van der Waals surface area contributed by atoms with E-state index in [4.69, 9.17) is 9.47 Å². The van der Waals surface area contributed by atoms with E-state index in [2.05, 4.69) is 0 Å². The first-order chi connectivity index (χ1) is 10.7. The van der Waals surface area contributed by atoms with E-state index in [-0.39, 0.29) is 23.1 Å².